The van der Waals surface area contributed by atoms with Crippen molar-refractivity contribution >= 4 is 0 Å². The molecular weight excluding hydrogens is 365 g/mol. The number of nitrogens with zero attached hydrogens (tertiary/aromatic N) is 1. The third-order valence-electron chi connectivity index (χ3n) is 5.30. The Bertz CT molecular complexity index is 750. The second-order valence-electron chi connectivity index (χ2n) is 7.95. The molecule has 3 N–H and O–H groups in total. The van der Waals surface area contributed by atoms with Crippen LogP contribution in [0.25, 0.3) is 0 Å². The molecule has 0 saturated carbocycles. The summed E-state index contributed by atoms with van der Waals surface area (Å²) in [4.78, 5) is 0. The van der Waals surface area contributed by atoms with Gasteiger partial charge in [-0.1, -0.05) is 24.6 Å². The summed E-state index contributed by atoms with van der Waals surface area (Å²) in [6, 6.07) is 9.83. The molecule has 0 amide bonds. The normalized spacial score (nSPS) is 14.2. The second kappa shape index (κ2) is 9.61. The van der Waals surface area contributed by atoms with Crippen molar-refractivity contribution in [2.75, 3.05) is 6.61 Å². The number of rotatable bonds is 10. The van der Waals surface area contributed by atoms with E-state index in [-0.39, 0.29) is 6.61 Å². The van der Waals surface area contributed by atoms with Crippen molar-refractivity contribution < 1.29 is 18.3 Å². The maximum Gasteiger partial charge on any atom is 0.416 e. The monoisotopic (exact) mass is 396 g/mol. The fraction of sp³-hybridized carbons (Fsp3) is 0.545. The van der Waals surface area contributed by atoms with Gasteiger partial charge in [0.25, 0.3) is 0 Å². The molecule has 3 nitrogen and oxygen atoms in total. The average molecular weight is 396 g/mol. The summed E-state index contributed by atoms with van der Waals surface area (Å²) in [5.41, 5.74) is 8.04. The maximum atomic E-state index is 12.8. The lowest BCUT2D eigenvalue weighted by Gasteiger charge is -2.21. The fourth-order valence-corrected chi connectivity index (χ4v) is 3.31. The van der Waals surface area contributed by atoms with Crippen LogP contribution in [0, 0.1) is 0 Å². The van der Waals surface area contributed by atoms with E-state index in [0.29, 0.717) is 6.42 Å². The van der Waals surface area contributed by atoms with Crippen molar-refractivity contribution in [3.63, 3.8) is 0 Å². The van der Waals surface area contributed by atoms with Crippen LogP contribution in [0.2, 0.25) is 0 Å². The maximum absolute atomic E-state index is 12.8. The van der Waals surface area contributed by atoms with Crippen molar-refractivity contribution in [3.8, 4) is 0 Å². The first-order valence-corrected chi connectivity index (χ1v) is 9.82. The highest BCUT2D eigenvalue weighted by Crippen LogP contribution is 2.29. The lowest BCUT2D eigenvalue weighted by Crippen LogP contribution is -2.40. The Morgan fingerprint density at radius 3 is 2.25 bits per heavy atom. The topological polar surface area (TPSA) is 51.2 Å². The average Bonchev–Trinajstić information content (AvgIpc) is 2.99. The summed E-state index contributed by atoms with van der Waals surface area (Å²) in [6.07, 6.45) is 1.72. The fourth-order valence-electron chi connectivity index (χ4n) is 3.31. The zero-order valence-corrected chi connectivity index (χ0v) is 16.7. The van der Waals surface area contributed by atoms with Crippen LogP contribution < -0.4 is 5.73 Å². The van der Waals surface area contributed by atoms with Gasteiger partial charge < -0.3 is 15.4 Å². The van der Waals surface area contributed by atoms with Gasteiger partial charge in [-0.15, -0.1) is 0 Å². The second-order valence-corrected chi connectivity index (χ2v) is 7.95. The van der Waals surface area contributed by atoms with E-state index < -0.39 is 17.3 Å². The van der Waals surface area contributed by atoms with Gasteiger partial charge in [-0.05, 0) is 69.2 Å². The number of nitrogens with two attached hydrogens (primary N) is 1. The summed E-state index contributed by atoms with van der Waals surface area (Å²) in [5, 5.41) is 9.26. The van der Waals surface area contributed by atoms with Gasteiger partial charge in [-0.3, -0.25) is 0 Å². The Kier molecular flexibility index (Phi) is 7.72. The molecule has 1 aromatic carbocycles. The number of halogens is 3. The molecule has 6 heteroatoms. The molecule has 0 radical (unpaired) electrons. The molecular formula is C22H31F3N2O. The smallest absolute Gasteiger partial charge is 0.394 e. The number of hydrogen-bond donors (Lipinski definition) is 2. The first-order valence-electron chi connectivity index (χ1n) is 9.82. The highest BCUT2D eigenvalue weighted by atomic mass is 19.4. The lowest BCUT2D eigenvalue weighted by molar-refractivity contribution is -0.137. The van der Waals surface area contributed by atoms with Gasteiger partial charge in [-0.25, -0.2) is 0 Å². The molecule has 0 aliphatic rings. The molecule has 2 aromatic rings. The summed E-state index contributed by atoms with van der Waals surface area (Å²) in [5.74, 6) is 0. The number of aromatic nitrogens is 1. The highest BCUT2D eigenvalue weighted by molar-refractivity contribution is 5.25. The SMILES string of the molecule is Cn1c(CCCCCc2cccc(C(F)(F)F)c2)ccc1CCC(C)(N)CO. The van der Waals surface area contributed by atoms with Gasteiger partial charge in [0, 0.05) is 24.0 Å². The molecule has 1 aromatic heterocycles. The minimum Gasteiger partial charge on any atom is -0.394 e. The zero-order valence-electron chi connectivity index (χ0n) is 16.7. The molecule has 0 spiro atoms. The molecule has 0 bridgehead atoms. The summed E-state index contributed by atoms with van der Waals surface area (Å²) >= 11 is 0. The molecule has 2 rings (SSSR count). The van der Waals surface area contributed by atoms with E-state index in [9.17, 15) is 18.3 Å². The van der Waals surface area contributed by atoms with E-state index in [0.717, 1.165) is 50.2 Å². The van der Waals surface area contributed by atoms with Crippen LogP contribution in [0.4, 0.5) is 13.2 Å². The molecule has 156 valence electrons. The third kappa shape index (κ3) is 6.67. The molecule has 0 saturated heterocycles. The van der Waals surface area contributed by atoms with E-state index >= 15 is 0 Å². The molecule has 0 fully saturated rings. The summed E-state index contributed by atoms with van der Waals surface area (Å²) in [7, 11) is 2.04. The predicted molar refractivity (Wildman–Crippen MR) is 106 cm³/mol. The van der Waals surface area contributed by atoms with Crippen molar-refractivity contribution in [1.29, 1.82) is 0 Å². The van der Waals surface area contributed by atoms with Crippen LogP contribution in [0.3, 0.4) is 0 Å². The highest BCUT2D eigenvalue weighted by Gasteiger charge is 2.30. The lowest BCUT2D eigenvalue weighted by atomic mass is 9.97. The quantitative estimate of drug-likeness (QED) is 0.575. The van der Waals surface area contributed by atoms with Gasteiger partial charge in [0.1, 0.15) is 0 Å². The summed E-state index contributed by atoms with van der Waals surface area (Å²) < 4.78 is 40.5. The van der Waals surface area contributed by atoms with E-state index in [1.54, 1.807) is 6.07 Å². The van der Waals surface area contributed by atoms with E-state index in [2.05, 4.69) is 16.7 Å². The molecule has 0 aliphatic carbocycles. The largest absolute Gasteiger partial charge is 0.416 e. The third-order valence-corrected chi connectivity index (χ3v) is 5.30. The minimum absolute atomic E-state index is 0.0316. The predicted octanol–water partition coefficient (Wildman–Crippen LogP) is 4.64. The van der Waals surface area contributed by atoms with E-state index in [4.69, 9.17) is 5.73 Å². The number of benzene rings is 1. The summed E-state index contributed by atoms with van der Waals surface area (Å²) in [6.45, 7) is 1.82. The zero-order chi connectivity index (χ0) is 20.8. The van der Waals surface area contributed by atoms with Crippen LogP contribution in [0.15, 0.2) is 36.4 Å². The van der Waals surface area contributed by atoms with Crippen molar-refractivity contribution in [1.82, 2.24) is 4.57 Å². The van der Waals surface area contributed by atoms with E-state index in [1.807, 2.05) is 14.0 Å². The van der Waals surface area contributed by atoms with Crippen LogP contribution in [-0.4, -0.2) is 21.8 Å². The van der Waals surface area contributed by atoms with Gasteiger partial charge in [0.05, 0.1) is 12.2 Å². The Balaban J connectivity index is 1.76. The molecule has 1 heterocycles. The number of aliphatic hydroxyl groups is 1. The van der Waals surface area contributed by atoms with Crippen molar-refractivity contribution in [2.24, 2.45) is 12.8 Å². The van der Waals surface area contributed by atoms with Crippen molar-refractivity contribution in [2.45, 2.75) is 63.6 Å². The molecule has 1 atom stereocenters. The number of aliphatic hydroxyl groups excluding tert-OH is 1. The first-order chi connectivity index (χ1) is 13.1. The standard InChI is InChI=1S/C22H31F3N2O/c1-21(26,16-28)14-13-20-12-11-19(27(20)2)10-5-3-4-7-17-8-6-9-18(15-17)22(23,24)25/h6,8-9,11-12,15,28H,3-5,7,10,13-14,16,26H2,1-2H3. The molecule has 28 heavy (non-hydrogen) atoms. The van der Waals surface area contributed by atoms with Crippen LogP contribution in [-0.2, 0) is 32.5 Å². The van der Waals surface area contributed by atoms with Crippen LogP contribution in [0.1, 0.15) is 55.1 Å². The van der Waals surface area contributed by atoms with Gasteiger partial charge in [0.15, 0.2) is 0 Å². The minimum atomic E-state index is -4.28. The van der Waals surface area contributed by atoms with Crippen LogP contribution in [0.5, 0.6) is 0 Å². The Morgan fingerprint density at radius 2 is 1.61 bits per heavy atom. The molecule has 1 unspecified atom stereocenters. The first kappa shape index (κ1) is 22.5. The van der Waals surface area contributed by atoms with Gasteiger partial charge in [-0.2, -0.15) is 13.2 Å². The number of alkyl halides is 3. The van der Waals surface area contributed by atoms with Crippen molar-refractivity contribution in [3.05, 3.63) is 58.9 Å². The number of unbranched alkanes of at least 4 members (excludes halogenated alkanes) is 2. The van der Waals surface area contributed by atoms with Gasteiger partial charge in [0.2, 0.25) is 0 Å². The number of aryl methyl sites for hydroxylation is 3. The van der Waals surface area contributed by atoms with Crippen LogP contribution >= 0.6 is 0 Å². The Labute approximate surface area is 165 Å². The number of hydrogen-bond acceptors (Lipinski definition) is 2. The van der Waals surface area contributed by atoms with E-state index in [1.165, 1.54) is 23.5 Å². The molecule has 0 aliphatic heterocycles. The van der Waals surface area contributed by atoms with Gasteiger partial charge >= 0.3 is 6.18 Å². The Morgan fingerprint density at radius 1 is 0.964 bits per heavy atom. The Hall–Kier alpha value is -1.79.